The number of hydrogen-bond acceptors (Lipinski definition) is 2. The van der Waals surface area contributed by atoms with Crippen molar-refractivity contribution >= 4 is 10.0 Å². The Morgan fingerprint density at radius 3 is 2.67 bits per heavy atom. The lowest BCUT2D eigenvalue weighted by atomic mass is 10.1. The average molecular weight is 187 g/mol. The Morgan fingerprint density at radius 2 is 2.17 bits per heavy atom. The maximum atomic E-state index is 11.4. The molecule has 1 aliphatic carbocycles. The molecule has 4 heteroatoms. The lowest BCUT2D eigenvalue weighted by Gasteiger charge is -2.12. The summed E-state index contributed by atoms with van der Waals surface area (Å²) in [7, 11) is -1.75. The molecule has 0 atom stereocenters. The van der Waals surface area contributed by atoms with Crippen molar-refractivity contribution in [3.05, 3.63) is 22.6 Å². The van der Waals surface area contributed by atoms with Gasteiger partial charge in [-0.15, -0.1) is 0 Å². The molecule has 12 heavy (non-hydrogen) atoms. The predicted molar refractivity (Wildman–Crippen MR) is 49.1 cm³/mol. The minimum Gasteiger partial charge on any atom is -0.215 e. The number of allylic oxidation sites excluding steroid dienone is 4. The van der Waals surface area contributed by atoms with Gasteiger partial charge >= 0.3 is 0 Å². The normalized spacial score (nSPS) is 18.5. The fourth-order valence-corrected chi connectivity index (χ4v) is 2.36. The fourth-order valence-electron chi connectivity index (χ4n) is 1.23. The molecule has 0 unspecified atom stereocenters. The molecule has 0 saturated heterocycles. The lowest BCUT2D eigenvalue weighted by Crippen LogP contribution is -2.21. The molecule has 0 amide bonds. The van der Waals surface area contributed by atoms with E-state index in [0.29, 0.717) is 11.3 Å². The van der Waals surface area contributed by atoms with E-state index in [1.54, 1.807) is 0 Å². The number of rotatable bonds is 2. The third kappa shape index (κ3) is 1.76. The van der Waals surface area contributed by atoms with E-state index in [2.05, 4.69) is 4.72 Å². The highest BCUT2D eigenvalue weighted by Crippen LogP contribution is 2.22. The molecular weight excluding hydrogens is 174 g/mol. The molecule has 0 heterocycles. The van der Waals surface area contributed by atoms with Crippen LogP contribution in [0.5, 0.6) is 0 Å². The molecule has 3 nitrogen and oxygen atoms in total. The van der Waals surface area contributed by atoms with E-state index >= 15 is 0 Å². The molecular formula is C8H13NO2S. The zero-order valence-electron chi connectivity index (χ0n) is 7.29. The zero-order valence-corrected chi connectivity index (χ0v) is 8.11. The summed E-state index contributed by atoms with van der Waals surface area (Å²) in [5.41, 5.74) is 0.843. The molecule has 1 N–H and O–H groups in total. The van der Waals surface area contributed by atoms with Gasteiger partial charge < -0.3 is 0 Å². The van der Waals surface area contributed by atoms with Crippen molar-refractivity contribution in [2.45, 2.75) is 19.8 Å². The summed E-state index contributed by atoms with van der Waals surface area (Å²) in [5, 5.41) is 0. The maximum Gasteiger partial charge on any atom is 0.236 e. The number of nitrogens with one attached hydrogen (secondary N) is 1. The van der Waals surface area contributed by atoms with E-state index in [1.165, 1.54) is 7.05 Å². The maximum absolute atomic E-state index is 11.4. The van der Waals surface area contributed by atoms with Crippen molar-refractivity contribution in [1.82, 2.24) is 4.72 Å². The molecule has 68 valence electrons. The third-order valence-electron chi connectivity index (χ3n) is 1.94. The lowest BCUT2D eigenvalue weighted by molar-refractivity contribution is 0.592. The quantitative estimate of drug-likeness (QED) is 0.705. The fraction of sp³-hybridized carbons (Fsp3) is 0.500. The Balaban J connectivity index is 3.10. The molecule has 0 spiro atoms. The van der Waals surface area contributed by atoms with Crippen LogP contribution in [0.1, 0.15) is 19.8 Å². The van der Waals surface area contributed by atoms with Crippen LogP contribution in [0, 0.1) is 0 Å². The molecule has 0 aromatic heterocycles. The van der Waals surface area contributed by atoms with Gasteiger partial charge in [-0.2, -0.15) is 0 Å². The smallest absolute Gasteiger partial charge is 0.215 e. The van der Waals surface area contributed by atoms with Crippen LogP contribution in [0.15, 0.2) is 22.6 Å². The summed E-state index contributed by atoms with van der Waals surface area (Å²) < 4.78 is 25.0. The summed E-state index contributed by atoms with van der Waals surface area (Å²) in [4.78, 5) is 0.521. The minimum absolute atomic E-state index is 0.521. The monoisotopic (exact) mass is 187 g/mol. The van der Waals surface area contributed by atoms with E-state index in [0.717, 1.165) is 12.0 Å². The second-order valence-corrected chi connectivity index (χ2v) is 4.66. The van der Waals surface area contributed by atoms with Crippen molar-refractivity contribution in [2.75, 3.05) is 7.05 Å². The SMILES string of the molecule is CNS(=O)(=O)C1=C(C)C=CCC1. The second-order valence-electron chi connectivity index (χ2n) is 2.75. The first-order chi connectivity index (χ1) is 5.58. The molecule has 1 aliphatic rings. The van der Waals surface area contributed by atoms with Crippen LogP contribution in [0.4, 0.5) is 0 Å². The van der Waals surface area contributed by atoms with Gasteiger partial charge in [0.25, 0.3) is 0 Å². The van der Waals surface area contributed by atoms with Crippen LogP contribution in [0.2, 0.25) is 0 Å². The van der Waals surface area contributed by atoms with Gasteiger partial charge in [-0.05, 0) is 32.4 Å². The standard InChI is InChI=1S/C8H13NO2S/c1-7-5-3-4-6-8(7)12(10,11)9-2/h3,5,9H,4,6H2,1-2H3. The Morgan fingerprint density at radius 1 is 1.50 bits per heavy atom. The highest BCUT2D eigenvalue weighted by molar-refractivity contribution is 7.93. The van der Waals surface area contributed by atoms with Gasteiger partial charge in [0, 0.05) is 0 Å². The summed E-state index contributed by atoms with van der Waals surface area (Å²) in [6, 6.07) is 0. The largest absolute Gasteiger partial charge is 0.236 e. The Hall–Kier alpha value is -0.610. The van der Waals surface area contributed by atoms with Gasteiger partial charge in [0.05, 0.1) is 4.91 Å². The van der Waals surface area contributed by atoms with Crippen LogP contribution >= 0.6 is 0 Å². The number of sulfonamides is 1. The molecule has 1 rings (SSSR count). The third-order valence-corrected chi connectivity index (χ3v) is 3.65. The summed E-state index contributed by atoms with van der Waals surface area (Å²) >= 11 is 0. The van der Waals surface area contributed by atoms with Gasteiger partial charge in [-0.25, -0.2) is 13.1 Å². The van der Waals surface area contributed by atoms with Crippen LogP contribution < -0.4 is 4.72 Å². The summed E-state index contributed by atoms with van der Waals surface area (Å²) in [6.07, 6.45) is 5.27. The number of hydrogen-bond donors (Lipinski definition) is 1. The van der Waals surface area contributed by atoms with E-state index < -0.39 is 10.0 Å². The first-order valence-corrected chi connectivity index (χ1v) is 5.36. The van der Waals surface area contributed by atoms with E-state index in [4.69, 9.17) is 0 Å². The van der Waals surface area contributed by atoms with Crippen LogP contribution in [-0.2, 0) is 10.0 Å². The van der Waals surface area contributed by atoms with Crippen molar-refractivity contribution < 1.29 is 8.42 Å². The Kier molecular flexibility index (Phi) is 2.69. The molecule has 0 radical (unpaired) electrons. The van der Waals surface area contributed by atoms with Crippen LogP contribution in [0.25, 0.3) is 0 Å². The van der Waals surface area contributed by atoms with Gasteiger partial charge in [-0.1, -0.05) is 12.2 Å². The van der Waals surface area contributed by atoms with Crippen LogP contribution in [0.3, 0.4) is 0 Å². The van der Waals surface area contributed by atoms with Crippen molar-refractivity contribution in [1.29, 1.82) is 0 Å². The van der Waals surface area contributed by atoms with E-state index in [9.17, 15) is 8.42 Å². The van der Waals surface area contributed by atoms with Gasteiger partial charge in [0.15, 0.2) is 0 Å². The predicted octanol–water partition coefficient (Wildman–Crippen LogP) is 1.16. The molecule has 0 aromatic rings. The molecule has 0 aliphatic heterocycles. The molecule has 0 saturated carbocycles. The highest BCUT2D eigenvalue weighted by Gasteiger charge is 2.18. The van der Waals surface area contributed by atoms with Crippen LogP contribution in [-0.4, -0.2) is 15.5 Å². The second kappa shape index (κ2) is 3.41. The zero-order chi connectivity index (χ0) is 9.19. The van der Waals surface area contributed by atoms with E-state index in [-0.39, 0.29) is 0 Å². The highest BCUT2D eigenvalue weighted by atomic mass is 32.2. The van der Waals surface area contributed by atoms with E-state index in [1.807, 2.05) is 19.1 Å². The van der Waals surface area contributed by atoms with Crippen molar-refractivity contribution in [3.63, 3.8) is 0 Å². The molecule has 0 fully saturated rings. The summed E-state index contributed by atoms with van der Waals surface area (Å²) in [6.45, 7) is 1.82. The topological polar surface area (TPSA) is 46.2 Å². The first kappa shape index (κ1) is 9.48. The Bertz CT molecular complexity index is 325. The first-order valence-electron chi connectivity index (χ1n) is 3.88. The molecule has 0 bridgehead atoms. The van der Waals surface area contributed by atoms with Gasteiger partial charge in [-0.3, -0.25) is 0 Å². The summed E-state index contributed by atoms with van der Waals surface area (Å²) in [5.74, 6) is 0. The molecule has 0 aromatic carbocycles. The van der Waals surface area contributed by atoms with Crippen molar-refractivity contribution in [2.24, 2.45) is 0 Å². The van der Waals surface area contributed by atoms with Gasteiger partial charge in [0.1, 0.15) is 0 Å². The average Bonchev–Trinajstić information content (AvgIpc) is 2.05. The van der Waals surface area contributed by atoms with Gasteiger partial charge in [0.2, 0.25) is 10.0 Å². The van der Waals surface area contributed by atoms with Crippen molar-refractivity contribution in [3.8, 4) is 0 Å². The Labute approximate surface area is 73.2 Å². The minimum atomic E-state index is -3.19.